The molecule has 5 aliphatic carbocycles. The van der Waals surface area contributed by atoms with Gasteiger partial charge in [-0.15, -0.1) is 0 Å². The number of piperidine rings is 1. The molecule has 6 heteroatoms. The van der Waals surface area contributed by atoms with Gasteiger partial charge in [-0.25, -0.2) is 8.42 Å². The van der Waals surface area contributed by atoms with Gasteiger partial charge in [-0.3, -0.25) is 4.79 Å². The van der Waals surface area contributed by atoms with Crippen molar-refractivity contribution in [2.75, 3.05) is 13.1 Å². The van der Waals surface area contributed by atoms with Crippen molar-refractivity contribution >= 4 is 15.9 Å². The smallest absolute Gasteiger partial charge is 0.243 e. The molecular formula is C25H34N2O3S. The third-order valence-corrected chi connectivity index (χ3v) is 10.9. The average Bonchev–Trinajstić information content (AvgIpc) is 3.20. The second-order valence-corrected chi connectivity index (χ2v) is 13.1. The summed E-state index contributed by atoms with van der Waals surface area (Å²) in [5.74, 6) is 2.55. The fourth-order valence-electron chi connectivity index (χ4n) is 7.84. The van der Waals surface area contributed by atoms with Crippen molar-refractivity contribution in [3.8, 4) is 0 Å². The number of benzene rings is 1. The molecule has 1 amide bonds. The van der Waals surface area contributed by atoms with E-state index >= 15 is 0 Å². The summed E-state index contributed by atoms with van der Waals surface area (Å²) in [6.45, 7) is 0.886. The number of nitrogens with one attached hydrogen (secondary N) is 1. The number of carbonyl (C=O) groups is 1. The Hall–Kier alpha value is -1.40. The van der Waals surface area contributed by atoms with Crippen molar-refractivity contribution in [1.29, 1.82) is 0 Å². The molecule has 1 N–H and O–H groups in total. The van der Waals surface area contributed by atoms with Crippen molar-refractivity contribution in [2.45, 2.75) is 81.1 Å². The minimum absolute atomic E-state index is 0.0411. The molecule has 1 aromatic carbocycles. The SMILES string of the molecule is O=C(NC12CC3CC(CC(C3)C1)C2)C1CCN(S(=O)(=O)c2ccc3c(c2)CCC3)CC1. The van der Waals surface area contributed by atoms with Crippen LogP contribution in [-0.2, 0) is 27.7 Å². The van der Waals surface area contributed by atoms with Crippen molar-refractivity contribution < 1.29 is 13.2 Å². The normalized spacial score (nSPS) is 35.3. The van der Waals surface area contributed by atoms with E-state index in [0.717, 1.165) is 56.3 Å². The second-order valence-electron chi connectivity index (χ2n) is 11.1. The second kappa shape index (κ2) is 7.31. The Kier molecular flexibility index (Phi) is 4.77. The number of carbonyl (C=O) groups excluding carboxylic acids is 1. The average molecular weight is 443 g/mol. The molecule has 4 saturated carbocycles. The Morgan fingerprint density at radius 1 is 0.935 bits per heavy atom. The van der Waals surface area contributed by atoms with Gasteiger partial charge in [-0.05, 0) is 112 Å². The molecule has 31 heavy (non-hydrogen) atoms. The van der Waals surface area contributed by atoms with Crippen LogP contribution in [0.3, 0.4) is 0 Å². The molecule has 0 unspecified atom stereocenters. The van der Waals surface area contributed by atoms with Gasteiger partial charge in [0.05, 0.1) is 4.90 Å². The molecule has 1 saturated heterocycles. The first-order valence-electron chi connectivity index (χ1n) is 12.3. The van der Waals surface area contributed by atoms with E-state index in [1.54, 1.807) is 10.4 Å². The predicted molar refractivity (Wildman–Crippen MR) is 119 cm³/mol. The summed E-state index contributed by atoms with van der Waals surface area (Å²) in [5.41, 5.74) is 2.52. The molecule has 7 rings (SSSR count). The number of rotatable bonds is 4. The predicted octanol–water partition coefficient (Wildman–Crippen LogP) is 3.66. The van der Waals surface area contributed by atoms with E-state index in [0.29, 0.717) is 30.8 Å². The van der Waals surface area contributed by atoms with Crippen LogP contribution in [0.15, 0.2) is 23.1 Å². The monoisotopic (exact) mass is 442 g/mol. The van der Waals surface area contributed by atoms with Crippen molar-refractivity contribution in [2.24, 2.45) is 23.7 Å². The number of hydrogen-bond donors (Lipinski definition) is 1. The molecule has 1 aliphatic heterocycles. The molecule has 6 aliphatic rings. The summed E-state index contributed by atoms with van der Waals surface area (Å²) in [7, 11) is -3.47. The first-order valence-corrected chi connectivity index (χ1v) is 13.8. The Morgan fingerprint density at radius 3 is 2.19 bits per heavy atom. The van der Waals surface area contributed by atoms with Gasteiger partial charge in [0, 0.05) is 24.5 Å². The van der Waals surface area contributed by atoms with Crippen LogP contribution < -0.4 is 5.32 Å². The summed E-state index contributed by atoms with van der Waals surface area (Å²) in [6, 6.07) is 5.63. The molecule has 0 aromatic heterocycles. The maximum absolute atomic E-state index is 13.2. The van der Waals surface area contributed by atoms with E-state index < -0.39 is 10.0 Å². The molecule has 4 bridgehead atoms. The van der Waals surface area contributed by atoms with Gasteiger partial charge >= 0.3 is 0 Å². The van der Waals surface area contributed by atoms with E-state index in [-0.39, 0.29) is 17.4 Å². The van der Waals surface area contributed by atoms with E-state index in [9.17, 15) is 13.2 Å². The minimum Gasteiger partial charge on any atom is -0.350 e. The van der Waals surface area contributed by atoms with Gasteiger partial charge in [-0.1, -0.05) is 6.07 Å². The third-order valence-electron chi connectivity index (χ3n) is 8.96. The standard InChI is InChI=1S/C25H34N2O3S/c28-24(26-25-14-17-10-18(15-25)12-19(11-17)16-25)21-6-8-27(9-7-21)31(29,30)23-5-4-20-2-1-3-22(20)13-23/h4-5,13,17-19,21H,1-3,6-12,14-16H2,(H,26,28). The molecular weight excluding hydrogens is 408 g/mol. The summed E-state index contributed by atoms with van der Waals surface area (Å²) in [6.07, 6.45) is 12.0. The first-order chi connectivity index (χ1) is 14.9. The number of nitrogens with zero attached hydrogens (tertiary/aromatic N) is 1. The fourth-order valence-corrected chi connectivity index (χ4v) is 9.36. The topological polar surface area (TPSA) is 66.5 Å². The van der Waals surface area contributed by atoms with Crippen molar-refractivity contribution in [3.63, 3.8) is 0 Å². The van der Waals surface area contributed by atoms with Gasteiger partial charge in [0.2, 0.25) is 15.9 Å². The van der Waals surface area contributed by atoms with Crippen LogP contribution in [0.2, 0.25) is 0 Å². The molecule has 0 spiro atoms. The van der Waals surface area contributed by atoms with Gasteiger partial charge in [0.1, 0.15) is 0 Å². The highest BCUT2D eigenvalue weighted by molar-refractivity contribution is 7.89. The van der Waals surface area contributed by atoms with Crippen LogP contribution in [0.1, 0.15) is 68.9 Å². The highest BCUT2D eigenvalue weighted by atomic mass is 32.2. The Bertz CT molecular complexity index is 959. The largest absolute Gasteiger partial charge is 0.350 e. The molecule has 1 aromatic rings. The van der Waals surface area contributed by atoms with Gasteiger partial charge in [0.15, 0.2) is 0 Å². The Balaban J connectivity index is 1.10. The lowest BCUT2D eigenvalue weighted by atomic mass is 9.53. The molecule has 0 atom stereocenters. The molecule has 1 heterocycles. The van der Waals surface area contributed by atoms with Crippen LogP contribution in [0.25, 0.3) is 0 Å². The van der Waals surface area contributed by atoms with Gasteiger partial charge in [-0.2, -0.15) is 4.31 Å². The molecule has 168 valence electrons. The maximum Gasteiger partial charge on any atom is 0.243 e. The van der Waals surface area contributed by atoms with Gasteiger partial charge in [0.25, 0.3) is 0 Å². The van der Waals surface area contributed by atoms with Crippen LogP contribution >= 0.6 is 0 Å². The lowest BCUT2D eigenvalue weighted by molar-refractivity contribution is -0.132. The summed E-state index contributed by atoms with van der Waals surface area (Å²) < 4.78 is 28.0. The van der Waals surface area contributed by atoms with Crippen LogP contribution in [0, 0.1) is 23.7 Å². The summed E-state index contributed by atoms with van der Waals surface area (Å²) in [4.78, 5) is 13.6. The van der Waals surface area contributed by atoms with Crippen LogP contribution in [-0.4, -0.2) is 37.3 Å². The first kappa shape index (κ1) is 20.2. The van der Waals surface area contributed by atoms with Crippen LogP contribution in [0.5, 0.6) is 0 Å². The number of sulfonamides is 1. The van der Waals surface area contributed by atoms with Crippen molar-refractivity contribution in [1.82, 2.24) is 9.62 Å². The zero-order valence-corrected chi connectivity index (χ0v) is 19.1. The third kappa shape index (κ3) is 3.54. The minimum atomic E-state index is -3.47. The molecule has 5 nitrogen and oxygen atoms in total. The Labute approximate surface area is 186 Å². The highest BCUT2D eigenvalue weighted by Crippen LogP contribution is 2.55. The number of amides is 1. The highest BCUT2D eigenvalue weighted by Gasteiger charge is 2.52. The number of fused-ring (bicyclic) bond motifs is 1. The lowest BCUT2D eigenvalue weighted by Crippen LogP contribution is -2.61. The van der Waals surface area contributed by atoms with Crippen LogP contribution in [0.4, 0.5) is 0 Å². The maximum atomic E-state index is 13.2. The lowest BCUT2D eigenvalue weighted by Gasteiger charge is -2.57. The number of aryl methyl sites for hydroxylation is 2. The van der Waals surface area contributed by atoms with E-state index in [2.05, 4.69) is 5.32 Å². The molecule has 0 radical (unpaired) electrons. The molecule has 5 fully saturated rings. The van der Waals surface area contributed by atoms with E-state index in [1.807, 2.05) is 12.1 Å². The fraction of sp³-hybridized carbons (Fsp3) is 0.720. The van der Waals surface area contributed by atoms with Gasteiger partial charge < -0.3 is 5.32 Å². The summed E-state index contributed by atoms with van der Waals surface area (Å²) >= 11 is 0. The summed E-state index contributed by atoms with van der Waals surface area (Å²) in [5, 5.41) is 3.50. The zero-order chi connectivity index (χ0) is 21.2. The Morgan fingerprint density at radius 2 is 1.55 bits per heavy atom. The quantitative estimate of drug-likeness (QED) is 0.774. The zero-order valence-electron chi connectivity index (χ0n) is 18.3. The van der Waals surface area contributed by atoms with E-state index in [1.165, 1.54) is 30.4 Å². The van der Waals surface area contributed by atoms with Crippen molar-refractivity contribution in [3.05, 3.63) is 29.3 Å². The number of hydrogen-bond acceptors (Lipinski definition) is 3. The van der Waals surface area contributed by atoms with E-state index in [4.69, 9.17) is 0 Å².